The van der Waals surface area contributed by atoms with Gasteiger partial charge >= 0.3 is 12.1 Å². The highest BCUT2D eigenvalue weighted by atomic mass is 16.5. The highest BCUT2D eigenvalue weighted by Gasteiger charge is 2.37. The van der Waals surface area contributed by atoms with Gasteiger partial charge in [0.25, 0.3) is 0 Å². The standard InChI is InChI=1S/C27H32N2O6/c1-18(2)25(28-27(34)35-17-19-8-4-3-5-9-19)26(33)29(15-20(16-30)12-24(31)32)23-13-21-10-6-7-11-22(21)14-23/h3-11,16,18,20,23,25H,12-15,17H2,1-2H3,(H,28,34)(H,31,32). The SMILES string of the molecule is CC(C)C(NC(=O)OCc1ccccc1)C(=O)N(CC(C=O)CC(=O)O)C1Cc2ccccc2C1. The molecule has 2 unspecified atom stereocenters. The Labute approximate surface area is 205 Å². The minimum absolute atomic E-state index is 0.0305. The van der Waals surface area contributed by atoms with E-state index in [1.165, 1.54) is 0 Å². The fraction of sp³-hybridized carbons (Fsp3) is 0.407. The number of nitrogens with one attached hydrogen (secondary N) is 1. The van der Waals surface area contributed by atoms with Gasteiger partial charge in [-0.3, -0.25) is 9.59 Å². The second-order valence-electron chi connectivity index (χ2n) is 9.24. The number of aldehydes is 1. The Hall–Kier alpha value is -3.68. The van der Waals surface area contributed by atoms with Crippen molar-refractivity contribution in [2.75, 3.05) is 6.54 Å². The monoisotopic (exact) mass is 480 g/mol. The van der Waals surface area contributed by atoms with Crippen molar-refractivity contribution in [2.45, 2.75) is 51.8 Å². The van der Waals surface area contributed by atoms with Gasteiger partial charge in [0.05, 0.1) is 6.42 Å². The van der Waals surface area contributed by atoms with E-state index in [1.807, 2.05) is 68.4 Å². The Bertz CT molecular complexity index is 1010. The van der Waals surface area contributed by atoms with E-state index in [-0.39, 0.29) is 37.4 Å². The van der Waals surface area contributed by atoms with Crippen LogP contribution >= 0.6 is 0 Å². The first-order valence-electron chi connectivity index (χ1n) is 11.8. The summed E-state index contributed by atoms with van der Waals surface area (Å²) < 4.78 is 5.32. The molecule has 0 radical (unpaired) electrons. The third-order valence-electron chi connectivity index (χ3n) is 6.23. The van der Waals surface area contributed by atoms with Gasteiger partial charge in [-0.2, -0.15) is 0 Å². The Morgan fingerprint density at radius 1 is 1.06 bits per heavy atom. The molecule has 35 heavy (non-hydrogen) atoms. The van der Waals surface area contributed by atoms with Gasteiger partial charge in [-0.05, 0) is 35.4 Å². The molecule has 8 heteroatoms. The molecule has 1 aliphatic carbocycles. The van der Waals surface area contributed by atoms with Crippen LogP contribution in [0.5, 0.6) is 0 Å². The first-order chi connectivity index (χ1) is 16.8. The van der Waals surface area contributed by atoms with Crippen LogP contribution in [-0.2, 0) is 38.6 Å². The molecule has 0 aliphatic heterocycles. The molecular weight excluding hydrogens is 448 g/mol. The Morgan fingerprint density at radius 2 is 1.66 bits per heavy atom. The number of hydrogen-bond donors (Lipinski definition) is 2. The minimum atomic E-state index is -1.10. The average molecular weight is 481 g/mol. The van der Waals surface area contributed by atoms with Crippen molar-refractivity contribution in [1.29, 1.82) is 0 Å². The van der Waals surface area contributed by atoms with Crippen molar-refractivity contribution in [2.24, 2.45) is 11.8 Å². The maximum absolute atomic E-state index is 13.8. The number of alkyl carbamates (subject to hydrolysis) is 1. The van der Waals surface area contributed by atoms with Crippen LogP contribution in [0.2, 0.25) is 0 Å². The van der Waals surface area contributed by atoms with Crippen LogP contribution in [0.4, 0.5) is 4.79 Å². The number of amides is 2. The first-order valence-corrected chi connectivity index (χ1v) is 11.8. The quantitative estimate of drug-likeness (QED) is 0.478. The molecule has 186 valence electrons. The number of carbonyl (C=O) groups is 4. The smallest absolute Gasteiger partial charge is 0.408 e. The highest BCUT2D eigenvalue weighted by molar-refractivity contribution is 5.86. The lowest BCUT2D eigenvalue weighted by atomic mass is 9.99. The lowest BCUT2D eigenvalue weighted by Gasteiger charge is -2.35. The molecule has 1 aliphatic rings. The van der Waals surface area contributed by atoms with Crippen LogP contribution in [0, 0.1) is 11.8 Å². The summed E-state index contributed by atoms with van der Waals surface area (Å²) >= 11 is 0. The number of carboxylic acid groups (broad SMARTS) is 1. The number of nitrogens with zero attached hydrogens (tertiary/aromatic N) is 1. The fourth-order valence-electron chi connectivity index (χ4n) is 4.39. The van der Waals surface area contributed by atoms with Crippen LogP contribution in [0.15, 0.2) is 54.6 Å². The van der Waals surface area contributed by atoms with Gasteiger partial charge < -0.3 is 24.9 Å². The molecule has 3 rings (SSSR count). The molecule has 2 amide bonds. The molecule has 0 heterocycles. The summed E-state index contributed by atoms with van der Waals surface area (Å²) in [4.78, 5) is 50.8. The summed E-state index contributed by atoms with van der Waals surface area (Å²) in [5.74, 6) is -2.57. The zero-order chi connectivity index (χ0) is 25.4. The molecule has 0 saturated carbocycles. The lowest BCUT2D eigenvalue weighted by Crippen LogP contribution is -2.55. The third kappa shape index (κ3) is 7.15. The van der Waals surface area contributed by atoms with Gasteiger partial charge in [0.2, 0.25) is 5.91 Å². The van der Waals surface area contributed by atoms with E-state index in [1.54, 1.807) is 4.90 Å². The van der Waals surface area contributed by atoms with E-state index in [9.17, 15) is 24.3 Å². The summed E-state index contributed by atoms with van der Waals surface area (Å²) in [5, 5.41) is 11.9. The summed E-state index contributed by atoms with van der Waals surface area (Å²) in [6.45, 7) is 3.67. The Balaban J connectivity index is 1.76. The van der Waals surface area contributed by atoms with Crippen molar-refractivity contribution in [3.8, 4) is 0 Å². The lowest BCUT2D eigenvalue weighted by molar-refractivity contribution is -0.142. The zero-order valence-electron chi connectivity index (χ0n) is 20.1. The largest absolute Gasteiger partial charge is 0.481 e. The number of aliphatic carboxylic acids is 1. The normalized spacial score (nSPS) is 14.6. The van der Waals surface area contributed by atoms with Crippen LogP contribution in [0.25, 0.3) is 0 Å². The molecular formula is C27H32N2O6. The fourth-order valence-corrected chi connectivity index (χ4v) is 4.39. The molecule has 2 N–H and O–H groups in total. The molecule has 0 fully saturated rings. The predicted octanol–water partition coefficient (Wildman–Crippen LogP) is 3.22. The van der Waals surface area contributed by atoms with Crippen molar-refractivity contribution in [3.05, 3.63) is 71.3 Å². The summed E-state index contributed by atoms with van der Waals surface area (Å²) in [6, 6.07) is 16.0. The molecule has 2 aromatic carbocycles. The van der Waals surface area contributed by atoms with Gasteiger partial charge in [-0.25, -0.2) is 4.79 Å². The molecule has 0 saturated heterocycles. The third-order valence-corrected chi connectivity index (χ3v) is 6.23. The summed E-state index contributed by atoms with van der Waals surface area (Å²) in [7, 11) is 0. The van der Waals surface area contributed by atoms with E-state index in [0.717, 1.165) is 16.7 Å². The van der Waals surface area contributed by atoms with E-state index in [2.05, 4.69) is 5.32 Å². The summed E-state index contributed by atoms with van der Waals surface area (Å²) in [6.07, 6.45) is 0.704. The van der Waals surface area contributed by atoms with Gasteiger partial charge in [0, 0.05) is 18.5 Å². The van der Waals surface area contributed by atoms with Crippen LogP contribution in [0.3, 0.4) is 0 Å². The van der Waals surface area contributed by atoms with Crippen molar-refractivity contribution < 1.29 is 29.0 Å². The van der Waals surface area contributed by atoms with Gasteiger partial charge in [0.15, 0.2) is 0 Å². The maximum atomic E-state index is 13.8. The van der Waals surface area contributed by atoms with E-state index < -0.39 is 24.0 Å². The topological polar surface area (TPSA) is 113 Å². The number of fused-ring (bicyclic) bond motifs is 1. The molecule has 2 atom stereocenters. The number of ether oxygens (including phenoxy) is 1. The number of carboxylic acids is 1. The Kier molecular flexibility index (Phi) is 9.00. The predicted molar refractivity (Wildman–Crippen MR) is 130 cm³/mol. The van der Waals surface area contributed by atoms with Gasteiger partial charge in [-0.15, -0.1) is 0 Å². The van der Waals surface area contributed by atoms with E-state index in [4.69, 9.17) is 4.74 Å². The van der Waals surface area contributed by atoms with Crippen molar-refractivity contribution in [3.63, 3.8) is 0 Å². The molecule has 0 bridgehead atoms. The molecule has 0 aromatic heterocycles. The maximum Gasteiger partial charge on any atom is 0.408 e. The second kappa shape index (κ2) is 12.1. The highest BCUT2D eigenvalue weighted by Crippen LogP contribution is 2.27. The van der Waals surface area contributed by atoms with Crippen molar-refractivity contribution >= 4 is 24.3 Å². The minimum Gasteiger partial charge on any atom is -0.481 e. The number of rotatable bonds is 11. The number of hydrogen-bond acceptors (Lipinski definition) is 5. The average Bonchev–Trinajstić information content (AvgIpc) is 3.27. The van der Waals surface area contributed by atoms with Crippen LogP contribution < -0.4 is 5.32 Å². The zero-order valence-corrected chi connectivity index (χ0v) is 20.1. The molecule has 2 aromatic rings. The van der Waals surface area contributed by atoms with Crippen molar-refractivity contribution in [1.82, 2.24) is 10.2 Å². The number of carbonyl (C=O) groups excluding carboxylic acids is 3. The molecule has 0 spiro atoms. The first kappa shape index (κ1) is 25.9. The van der Waals surface area contributed by atoms with E-state index in [0.29, 0.717) is 19.1 Å². The number of benzene rings is 2. The van der Waals surface area contributed by atoms with Crippen LogP contribution in [-0.4, -0.2) is 52.9 Å². The molecule has 8 nitrogen and oxygen atoms in total. The van der Waals surface area contributed by atoms with Gasteiger partial charge in [-0.1, -0.05) is 68.4 Å². The van der Waals surface area contributed by atoms with Crippen LogP contribution in [0.1, 0.15) is 37.0 Å². The van der Waals surface area contributed by atoms with E-state index >= 15 is 0 Å². The second-order valence-corrected chi connectivity index (χ2v) is 9.24. The van der Waals surface area contributed by atoms with Gasteiger partial charge in [0.1, 0.15) is 18.9 Å². The summed E-state index contributed by atoms with van der Waals surface area (Å²) in [5.41, 5.74) is 3.06. The Morgan fingerprint density at radius 3 is 2.20 bits per heavy atom.